The Morgan fingerprint density at radius 1 is 1.29 bits per heavy atom. The number of aryl methyl sites for hydroxylation is 1. The second-order valence-corrected chi connectivity index (χ2v) is 6.05. The fourth-order valence-corrected chi connectivity index (χ4v) is 2.98. The highest BCUT2D eigenvalue weighted by molar-refractivity contribution is 9.10. The topological polar surface area (TPSA) is 17.8 Å². The molecule has 21 heavy (non-hydrogen) atoms. The normalized spacial score (nSPS) is 11.2. The Bertz CT molecular complexity index is 813. The summed E-state index contributed by atoms with van der Waals surface area (Å²) in [4.78, 5) is 4.59. The summed E-state index contributed by atoms with van der Waals surface area (Å²) in [5.74, 6) is 1.04. The molecule has 0 aliphatic rings. The monoisotopic (exact) mass is 366 g/mol. The van der Waals surface area contributed by atoms with E-state index in [1.807, 2.05) is 29.7 Å². The highest BCUT2D eigenvalue weighted by Crippen LogP contribution is 2.28. The van der Waals surface area contributed by atoms with Crippen molar-refractivity contribution in [3.63, 3.8) is 0 Å². The van der Waals surface area contributed by atoms with Crippen molar-refractivity contribution >= 4 is 38.6 Å². The van der Waals surface area contributed by atoms with Crippen LogP contribution in [0.25, 0.3) is 16.7 Å². The molecule has 2 aromatic carbocycles. The van der Waals surface area contributed by atoms with Gasteiger partial charge in [-0.3, -0.25) is 4.57 Å². The number of halogens is 3. The zero-order valence-corrected chi connectivity index (χ0v) is 13.7. The summed E-state index contributed by atoms with van der Waals surface area (Å²) < 4.78 is 16.6. The number of hydrogen-bond donors (Lipinski definition) is 0. The molecule has 0 N–H and O–H groups in total. The van der Waals surface area contributed by atoms with Crippen LogP contribution in [0.1, 0.15) is 11.4 Å². The number of rotatable bonds is 3. The summed E-state index contributed by atoms with van der Waals surface area (Å²) in [6, 6.07) is 10.6. The van der Waals surface area contributed by atoms with Crippen LogP contribution in [0.4, 0.5) is 4.39 Å². The molecule has 0 atom stereocenters. The van der Waals surface area contributed by atoms with Gasteiger partial charge in [0, 0.05) is 22.8 Å². The Labute approximate surface area is 135 Å². The molecule has 5 heteroatoms. The maximum atomic E-state index is 13.6. The van der Waals surface area contributed by atoms with Crippen LogP contribution >= 0.6 is 27.5 Å². The minimum Gasteiger partial charge on any atom is -0.296 e. The molecule has 1 heterocycles. The molecule has 0 spiro atoms. The number of fused-ring (bicyclic) bond motifs is 1. The Hall–Kier alpha value is -1.39. The van der Waals surface area contributed by atoms with Gasteiger partial charge in [0.25, 0.3) is 0 Å². The molecule has 0 aliphatic heterocycles. The van der Waals surface area contributed by atoms with E-state index in [9.17, 15) is 4.39 Å². The molecular formula is C16H13BrClFN2. The third kappa shape index (κ3) is 2.58. The van der Waals surface area contributed by atoms with Crippen molar-refractivity contribution in [2.75, 3.05) is 5.88 Å². The minimum absolute atomic E-state index is 0.270. The van der Waals surface area contributed by atoms with Gasteiger partial charge in [-0.25, -0.2) is 9.37 Å². The molecule has 1 aromatic heterocycles. The summed E-state index contributed by atoms with van der Waals surface area (Å²) >= 11 is 9.43. The van der Waals surface area contributed by atoms with E-state index in [1.54, 1.807) is 6.07 Å². The van der Waals surface area contributed by atoms with Crippen LogP contribution in [0.2, 0.25) is 0 Å². The van der Waals surface area contributed by atoms with Crippen molar-refractivity contribution in [3.8, 4) is 5.69 Å². The van der Waals surface area contributed by atoms with Crippen LogP contribution in [0.5, 0.6) is 0 Å². The van der Waals surface area contributed by atoms with E-state index in [2.05, 4.69) is 20.9 Å². The van der Waals surface area contributed by atoms with Crippen LogP contribution in [-0.2, 0) is 6.42 Å². The summed E-state index contributed by atoms with van der Waals surface area (Å²) in [6.07, 6.45) is 0.629. The van der Waals surface area contributed by atoms with E-state index in [0.29, 0.717) is 12.3 Å². The molecule has 108 valence electrons. The number of imidazole rings is 1. The van der Waals surface area contributed by atoms with Crippen LogP contribution in [0.3, 0.4) is 0 Å². The number of nitrogens with zero attached hydrogens (tertiary/aromatic N) is 2. The maximum absolute atomic E-state index is 13.6. The second kappa shape index (κ2) is 5.78. The van der Waals surface area contributed by atoms with Crippen molar-refractivity contribution in [3.05, 3.63) is 58.1 Å². The Balaban J connectivity index is 2.35. The van der Waals surface area contributed by atoms with E-state index in [0.717, 1.165) is 32.6 Å². The summed E-state index contributed by atoms with van der Waals surface area (Å²) in [6.45, 7) is 2.02. The lowest BCUT2D eigenvalue weighted by Crippen LogP contribution is -2.04. The highest BCUT2D eigenvalue weighted by atomic mass is 79.9. The van der Waals surface area contributed by atoms with Crippen LogP contribution < -0.4 is 0 Å². The largest absolute Gasteiger partial charge is 0.296 e. The van der Waals surface area contributed by atoms with Crippen LogP contribution in [0.15, 0.2) is 40.9 Å². The molecule has 0 unspecified atom stereocenters. The van der Waals surface area contributed by atoms with Crippen molar-refractivity contribution in [1.29, 1.82) is 0 Å². The smallest absolute Gasteiger partial charge is 0.125 e. The molecule has 3 rings (SSSR count). The number of alkyl halides is 1. The zero-order valence-electron chi connectivity index (χ0n) is 11.4. The molecule has 0 fully saturated rings. The van der Waals surface area contributed by atoms with Gasteiger partial charge in [-0.1, -0.05) is 22.0 Å². The maximum Gasteiger partial charge on any atom is 0.125 e. The molecular weight excluding hydrogens is 355 g/mol. The molecule has 0 saturated carbocycles. The lowest BCUT2D eigenvalue weighted by Gasteiger charge is -2.13. The lowest BCUT2D eigenvalue weighted by molar-refractivity contribution is 0.629. The van der Waals surface area contributed by atoms with Gasteiger partial charge in [0.1, 0.15) is 11.6 Å². The fraction of sp³-hybridized carbons (Fsp3) is 0.188. The standard InChI is InChI=1S/C16H13BrClFN2/c1-10-12(17)3-2-4-14(10)21-15-9-11(19)5-6-13(15)20-16(21)7-8-18/h2-6,9H,7-8H2,1H3. The quantitative estimate of drug-likeness (QED) is 0.595. The van der Waals surface area contributed by atoms with Crippen LogP contribution in [-0.4, -0.2) is 15.4 Å². The second-order valence-electron chi connectivity index (χ2n) is 4.82. The minimum atomic E-state index is -0.270. The molecule has 0 aliphatic carbocycles. The fourth-order valence-electron chi connectivity index (χ4n) is 2.46. The zero-order chi connectivity index (χ0) is 15.0. The van der Waals surface area contributed by atoms with E-state index in [-0.39, 0.29) is 5.82 Å². The Morgan fingerprint density at radius 2 is 2.10 bits per heavy atom. The highest BCUT2D eigenvalue weighted by Gasteiger charge is 2.15. The number of benzene rings is 2. The number of hydrogen-bond acceptors (Lipinski definition) is 1. The Kier molecular flexibility index (Phi) is 4.00. The van der Waals surface area contributed by atoms with Gasteiger partial charge in [0.2, 0.25) is 0 Å². The van der Waals surface area contributed by atoms with Crippen molar-refractivity contribution in [2.45, 2.75) is 13.3 Å². The van der Waals surface area contributed by atoms with Gasteiger partial charge in [0.15, 0.2) is 0 Å². The molecule has 2 nitrogen and oxygen atoms in total. The summed E-state index contributed by atoms with van der Waals surface area (Å²) in [5.41, 5.74) is 3.60. The molecule has 0 saturated heterocycles. The van der Waals surface area contributed by atoms with E-state index in [4.69, 9.17) is 11.6 Å². The first kappa shape index (κ1) is 14.5. The van der Waals surface area contributed by atoms with E-state index in [1.165, 1.54) is 12.1 Å². The van der Waals surface area contributed by atoms with E-state index < -0.39 is 0 Å². The van der Waals surface area contributed by atoms with Gasteiger partial charge >= 0.3 is 0 Å². The Morgan fingerprint density at radius 3 is 2.86 bits per heavy atom. The van der Waals surface area contributed by atoms with Crippen molar-refractivity contribution in [2.24, 2.45) is 0 Å². The van der Waals surface area contributed by atoms with Gasteiger partial charge in [-0.05, 0) is 36.8 Å². The van der Waals surface area contributed by atoms with Gasteiger partial charge in [-0.2, -0.15) is 0 Å². The molecule has 0 radical (unpaired) electrons. The van der Waals surface area contributed by atoms with Gasteiger partial charge in [0.05, 0.1) is 16.7 Å². The average Bonchev–Trinajstić information content (AvgIpc) is 2.80. The third-order valence-electron chi connectivity index (χ3n) is 3.48. The van der Waals surface area contributed by atoms with Crippen molar-refractivity contribution in [1.82, 2.24) is 9.55 Å². The van der Waals surface area contributed by atoms with E-state index >= 15 is 0 Å². The SMILES string of the molecule is Cc1c(Br)cccc1-n1c(CCCl)nc2ccc(F)cc21. The first-order valence-corrected chi connectivity index (χ1v) is 7.93. The summed E-state index contributed by atoms with van der Waals surface area (Å²) in [7, 11) is 0. The first-order chi connectivity index (χ1) is 10.1. The predicted octanol–water partition coefficient (Wildman–Crippen LogP) is 5.02. The van der Waals surface area contributed by atoms with Gasteiger partial charge < -0.3 is 0 Å². The van der Waals surface area contributed by atoms with Crippen molar-refractivity contribution < 1.29 is 4.39 Å². The van der Waals surface area contributed by atoms with Crippen LogP contribution in [0, 0.1) is 12.7 Å². The predicted molar refractivity (Wildman–Crippen MR) is 87.9 cm³/mol. The average molecular weight is 368 g/mol. The van der Waals surface area contributed by atoms with Gasteiger partial charge in [-0.15, -0.1) is 11.6 Å². The number of aromatic nitrogens is 2. The third-order valence-corrected chi connectivity index (χ3v) is 4.53. The first-order valence-electron chi connectivity index (χ1n) is 6.60. The molecule has 0 bridgehead atoms. The molecule has 0 amide bonds. The summed E-state index contributed by atoms with van der Waals surface area (Å²) in [5, 5.41) is 0. The lowest BCUT2D eigenvalue weighted by atomic mass is 10.2. The molecule has 3 aromatic rings.